The van der Waals surface area contributed by atoms with Crippen LogP contribution in [-0.2, 0) is 11.9 Å². The molecule has 2 aromatic carbocycles. The molecule has 0 saturated carbocycles. The number of anilines is 1. The van der Waals surface area contributed by atoms with Crippen LogP contribution < -0.4 is 5.32 Å². The van der Waals surface area contributed by atoms with E-state index in [1.165, 1.54) is 24.3 Å². The van der Waals surface area contributed by atoms with Gasteiger partial charge in [0.25, 0.3) is 5.91 Å². The van der Waals surface area contributed by atoms with Gasteiger partial charge >= 0.3 is 6.18 Å². The SMILES string of the molecule is O=C(Nc1ccc(SCc2cccnc2)cc1)c1cnn(-c2ccc(Cl)cc2)c1C(F)(F)F. The van der Waals surface area contributed by atoms with E-state index in [2.05, 4.69) is 15.4 Å². The molecule has 0 aliphatic heterocycles. The normalized spacial score (nSPS) is 11.4. The van der Waals surface area contributed by atoms with Crippen LogP contribution >= 0.6 is 23.4 Å². The number of hydrogen-bond acceptors (Lipinski definition) is 4. The molecule has 33 heavy (non-hydrogen) atoms. The van der Waals surface area contributed by atoms with E-state index in [1.807, 2.05) is 12.1 Å². The molecule has 1 N–H and O–H groups in total. The van der Waals surface area contributed by atoms with Gasteiger partial charge in [-0.05, 0) is 60.2 Å². The fraction of sp³-hybridized carbons (Fsp3) is 0.0870. The zero-order valence-corrected chi connectivity index (χ0v) is 18.5. The third-order valence-corrected chi connectivity index (χ3v) is 5.93. The third kappa shape index (κ3) is 5.55. The van der Waals surface area contributed by atoms with E-state index in [9.17, 15) is 18.0 Å². The molecule has 0 aliphatic rings. The lowest BCUT2D eigenvalue weighted by Crippen LogP contribution is -2.20. The van der Waals surface area contributed by atoms with Crippen molar-refractivity contribution in [3.05, 3.63) is 101 Å². The summed E-state index contributed by atoms with van der Waals surface area (Å²) in [7, 11) is 0. The molecule has 0 aliphatic carbocycles. The second kappa shape index (κ2) is 9.68. The van der Waals surface area contributed by atoms with Gasteiger partial charge in [-0.25, -0.2) is 4.68 Å². The largest absolute Gasteiger partial charge is 0.434 e. The number of carbonyl (C=O) groups is 1. The summed E-state index contributed by atoms with van der Waals surface area (Å²) in [6, 6.07) is 16.4. The average molecular weight is 489 g/mol. The molecule has 168 valence electrons. The molecule has 0 fully saturated rings. The van der Waals surface area contributed by atoms with E-state index in [0.717, 1.165) is 22.4 Å². The lowest BCUT2D eigenvalue weighted by Gasteiger charge is -2.13. The molecule has 0 unspecified atom stereocenters. The van der Waals surface area contributed by atoms with Gasteiger partial charge in [-0.2, -0.15) is 18.3 Å². The highest BCUT2D eigenvalue weighted by atomic mass is 35.5. The van der Waals surface area contributed by atoms with Crippen molar-refractivity contribution >= 4 is 35.0 Å². The van der Waals surface area contributed by atoms with Crippen LogP contribution in [0.4, 0.5) is 18.9 Å². The maximum Gasteiger partial charge on any atom is 0.434 e. The molecule has 0 radical (unpaired) electrons. The van der Waals surface area contributed by atoms with Gasteiger partial charge in [-0.1, -0.05) is 17.7 Å². The maximum absolute atomic E-state index is 13.8. The zero-order chi connectivity index (χ0) is 23.4. The quantitative estimate of drug-likeness (QED) is 0.315. The van der Waals surface area contributed by atoms with Crippen molar-refractivity contribution in [2.24, 2.45) is 0 Å². The molecule has 1 amide bonds. The topological polar surface area (TPSA) is 59.8 Å². The Labute approximate surface area is 196 Å². The van der Waals surface area contributed by atoms with Crippen molar-refractivity contribution in [2.75, 3.05) is 5.32 Å². The number of carbonyl (C=O) groups excluding carboxylic acids is 1. The average Bonchev–Trinajstić information content (AvgIpc) is 3.26. The summed E-state index contributed by atoms with van der Waals surface area (Å²) in [5.41, 5.74) is -0.158. The Kier molecular flexibility index (Phi) is 6.71. The van der Waals surface area contributed by atoms with Gasteiger partial charge in [-0.3, -0.25) is 9.78 Å². The third-order valence-electron chi connectivity index (χ3n) is 4.59. The monoisotopic (exact) mass is 488 g/mol. The number of nitrogens with one attached hydrogen (secondary N) is 1. The Morgan fingerprint density at radius 3 is 2.39 bits per heavy atom. The predicted molar refractivity (Wildman–Crippen MR) is 122 cm³/mol. The van der Waals surface area contributed by atoms with Crippen molar-refractivity contribution in [3.8, 4) is 5.69 Å². The fourth-order valence-corrected chi connectivity index (χ4v) is 4.01. The van der Waals surface area contributed by atoms with Crippen molar-refractivity contribution in [1.82, 2.24) is 14.8 Å². The molecule has 10 heteroatoms. The lowest BCUT2D eigenvalue weighted by molar-refractivity contribution is -0.143. The number of rotatable bonds is 6. The Balaban J connectivity index is 1.50. The van der Waals surface area contributed by atoms with E-state index >= 15 is 0 Å². The number of hydrogen-bond donors (Lipinski definition) is 1. The molecule has 4 rings (SSSR count). The van der Waals surface area contributed by atoms with Crippen molar-refractivity contribution < 1.29 is 18.0 Å². The number of halogens is 4. The molecule has 2 heterocycles. The molecule has 0 saturated heterocycles. The van der Waals surface area contributed by atoms with Crippen LogP contribution in [0.3, 0.4) is 0 Å². The summed E-state index contributed by atoms with van der Waals surface area (Å²) in [4.78, 5) is 17.7. The summed E-state index contributed by atoms with van der Waals surface area (Å²) in [5.74, 6) is -0.184. The summed E-state index contributed by atoms with van der Waals surface area (Å²) in [6.45, 7) is 0. The van der Waals surface area contributed by atoms with Gasteiger partial charge in [0.1, 0.15) is 0 Å². The van der Waals surface area contributed by atoms with Gasteiger partial charge in [0.15, 0.2) is 5.69 Å². The van der Waals surface area contributed by atoms with Crippen molar-refractivity contribution in [2.45, 2.75) is 16.8 Å². The second-order valence-corrected chi connectivity index (χ2v) is 8.41. The highest BCUT2D eigenvalue weighted by Crippen LogP contribution is 2.34. The number of thioether (sulfide) groups is 1. The first-order valence-corrected chi connectivity index (χ1v) is 11.0. The van der Waals surface area contributed by atoms with Crippen molar-refractivity contribution in [1.29, 1.82) is 0 Å². The second-order valence-electron chi connectivity index (χ2n) is 6.92. The van der Waals surface area contributed by atoms with Crippen LogP contribution in [0.15, 0.2) is 84.1 Å². The van der Waals surface area contributed by atoms with E-state index < -0.39 is 23.3 Å². The Bertz CT molecular complexity index is 1240. The molecular formula is C23H16ClF3N4OS. The fourth-order valence-electron chi connectivity index (χ4n) is 3.05. The number of amides is 1. The van der Waals surface area contributed by atoms with Crippen LogP contribution in [0.1, 0.15) is 21.6 Å². The molecule has 0 spiro atoms. The van der Waals surface area contributed by atoms with E-state index in [0.29, 0.717) is 15.4 Å². The minimum absolute atomic E-state index is 0.140. The van der Waals surface area contributed by atoms with Gasteiger partial charge in [0.05, 0.1) is 17.4 Å². The number of aromatic nitrogens is 3. The number of alkyl halides is 3. The molecule has 4 aromatic rings. The highest BCUT2D eigenvalue weighted by molar-refractivity contribution is 7.98. The Hall–Kier alpha value is -3.30. The molecule has 0 bridgehead atoms. The molecule has 0 atom stereocenters. The van der Waals surface area contributed by atoms with E-state index in [-0.39, 0.29) is 5.69 Å². The first-order chi connectivity index (χ1) is 15.8. The van der Waals surface area contributed by atoms with Crippen LogP contribution in [0.2, 0.25) is 5.02 Å². The van der Waals surface area contributed by atoms with Crippen LogP contribution in [0.5, 0.6) is 0 Å². The maximum atomic E-state index is 13.8. The van der Waals surface area contributed by atoms with E-state index in [1.54, 1.807) is 48.4 Å². The predicted octanol–water partition coefficient (Wildman–Crippen LogP) is 6.48. The Morgan fingerprint density at radius 2 is 1.76 bits per heavy atom. The number of nitrogens with zero attached hydrogens (tertiary/aromatic N) is 3. The lowest BCUT2D eigenvalue weighted by atomic mass is 10.2. The van der Waals surface area contributed by atoms with Gasteiger partial charge < -0.3 is 5.32 Å². The minimum Gasteiger partial charge on any atom is -0.322 e. The first kappa shape index (κ1) is 22.9. The summed E-state index contributed by atoms with van der Waals surface area (Å²) >= 11 is 7.40. The smallest absolute Gasteiger partial charge is 0.322 e. The van der Waals surface area contributed by atoms with Crippen LogP contribution in [0.25, 0.3) is 5.69 Å². The molecule has 2 aromatic heterocycles. The molecule has 5 nitrogen and oxygen atoms in total. The van der Waals surface area contributed by atoms with Gasteiger partial charge in [0.2, 0.25) is 0 Å². The highest BCUT2D eigenvalue weighted by Gasteiger charge is 2.40. The van der Waals surface area contributed by atoms with Crippen LogP contribution in [0, 0.1) is 0 Å². The number of pyridine rings is 1. The number of benzene rings is 2. The molecular weight excluding hydrogens is 473 g/mol. The summed E-state index contributed by atoms with van der Waals surface area (Å²) < 4.78 is 42.1. The first-order valence-electron chi connectivity index (χ1n) is 9.65. The zero-order valence-electron chi connectivity index (χ0n) is 16.9. The van der Waals surface area contributed by atoms with Gasteiger partial charge in [0, 0.05) is 33.8 Å². The van der Waals surface area contributed by atoms with Gasteiger partial charge in [-0.15, -0.1) is 11.8 Å². The van der Waals surface area contributed by atoms with Crippen LogP contribution in [-0.4, -0.2) is 20.7 Å². The standard InChI is InChI=1S/C23H16ClF3N4OS/c24-16-3-7-18(8-4-16)31-21(23(25,26)27)20(13-29-31)22(32)30-17-5-9-19(10-6-17)33-14-15-2-1-11-28-12-15/h1-13H,14H2,(H,30,32). The van der Waals surface area contributed by atoms with Crippen molar-refractivity contribution in [3.63, 3.8) is 0 Å². The van der Waals surface area contributed by atoms with E-state index in [4.69, 9.17) is 11.6 Å². The Morgan fingerprint density at radius 1 is 1.03 bits per heavy atom. The summed E-state index contributed by atoms with van der Waals surface area (Å²) in [5, 5.41) is 6.68. The summed E-state index contributed by atoms with van der Waals surface area (Å²) in [6.07, 6.45) is -0.403. The minimum atomic E-state index is -4.80.